The predicted molar refractivity (Wildman–Crippen MR) is 74.4 cm³/mol. The van der Waals surface area contributed by atoms with Gasteiger partial charge < -0.3 is 9.47 Å². The zero-order valence-electron chi connectivity index (χ0n) is 11.0. The lowest BCUT2D eigenvalue weighted by Crippen LogP contribution is -2.01. The minimum atomic E-state index is 0.705. The second-order valence-electron chi connectivity index (χ2n) is 4.22. The topological polar surface area (TPSA) is 18.5 Å². The maximum absolute atomic E-state index is 5.85. The Morgan fingerprint density at radius 3 is 2.56 bits per heavy atom. The molecule has 0 heterocycles. The van der Waals surface area contributed by atoms with Gasteiger partial charge in [0.05, 0.1) is 13.2 Å². The van der Waals surface area contributed by atoms with Crippen molar-refractivity contribution in [2.75, 3.05) is 13.2 Å². The third-order valence-corrected chi connectivity index (χ3v) is 2.67. The summed E-state index contributed by atoms with van der Waals surface area (Å²) in [6.45, 7) is 5.62. The van der Waals surface area contributed by atoms with Gasteiger partial charge in [0.15, 0.2) is 11.5 Å². The van der Waals surface area contributed by atoms with Crippen LogP contribution in [0.2, 0.25) is 0 Å². The third-order valence-electron chi connectivity index (χ3n) is 2.67. The van der Waals surface area contributed by atoms with Crippen molar-refractivity contribution in [3.05, 3.63) is 36.4 Å². The van der Waals surface area contributed by atoms with Crippen molar-refractivity contribution < 1.29 is 9.47 Å². The Kier molecular flexibility index (Phi) is 4.46. The molecule has 2 rings (SSSR count). The van der Waals surface area contributed by atoms with Crippen molar-refractivity contribution in [2.24, 2.45) is 0 Å². The summed E-state index contributed by atoms with van der Waals surface area (Å²) in [5, 5.41) is 2.13. The van der Waals surface area contributed by atoms with Gasteiger partial charge in [0, 0.05) is 5.39 Å². The van der Waals surface area contributed by atoms with Crippen LogP contribution in [0.5, 0.6) is 11.5 Å². The van der Waals surface area contributed by atoms with Crippen LogP contribution in [0.3, 0.4) is 0 Å². The molecule has 0 N–H and O–H groups in total. The van der Waals surface area contributed by atoms with Gasteiger partial charge >= 0.3 is 0 Å². The van der Waals surface area contributed by atoms with E-state index < -0.39 is 0 Å². The lowest BCUT2D eigenvalue weighted by Gasteiger charge is -2.14. The summed E-state index contributed by atoms with van der Waals surface area (Å²) in [5.41, 5.74) is 0. The molecular weight excluding hydrogens is 224 g/mol. The van der Waals surface area contributed by atoms with Gasteiger partial charge in [0.25, 0.3) is 0 Å². The maximum atomic E-state index is 5.85. The zero-order chi connectivity index (χ0) is 12.8. The number of rotatable bonds is 6. The molecule has 0 saturated carbocycles. The molecule has 0 saturated heterocycles. The fourth-order valence-corrected chi connectivity index (χ4v) is 1.83. The Hall–Kier alpha value is -1.70. The van der Waals surface area contributed by atoms with Gasteiger partial charge in [-0.05, 0) is 36.4 Å². The molecule has 0 aliphatic rings. The summed E-state index contributed by atoms with van der Waals surface area (Å²) in [4.78, 5) is 0. The fourth-order valence-electron chi connectivity index (χ4n) is 1.83. The second-order valence-corrected chi connectivity index (χ2v) is 4.22. The highest BCUT2D eigenvalue weighted by atomic mass is 16.5. The molecule has 0 fully saturated rings. The van der Waals surface area contributed by atoms with Crippen molar-refractivity contribution in [3.8, 4) is 11.5 Å². The van der Waals surface area contributed by atoms with Crippen molar-refractivity contribution in [3.63, 3.8) is 0 Å². The van der Waals surface area contributed by atoms with E-state index in [1.54, 1.807) is 0 Å². The van der Waals surface area contributed by atoms with E-state index in [2.05, 4.69) is 26.0 Å². The predicted octanol–water partition coefficient (Wildman–Crippen LogP) is 4.22. The SMILES string of the molecule is CCCOc1ccc2[c]cccc2c1OCCC. The summed E-state index contributed by atoms with van der Waals surface area (Å²) in [6.07, 6.45) is 1.98. The molecule has 0 unspecified atom stereocenters. The molecule has 0 atom stereocenters. The highest BCUT2D eigenvalue weighted by Gasteiger charge is 2.09. The van der Waals surface area contributed by atoms with Crippen LogP contribution in [0.1, 0.15) is 26.7 Å². The van der Waals surface area contributed by atoms with Crippen LogP contribution in [0, 0.1) is 6.07 Å². The van der Waals surface area contributed by atoms with E-state index in [1.165, 1.54) is 0 Å². The Labute approximate surface area is 109 Å². The zero-order valence-corrected chi connectivity index (χ0v) is 11.0. The molecular formula is C16H19O2. The Morgan fingerprint density at radius 2 is 1.78 bits per heavy atom. The molecule has 0 aliphatic heterocycles. The van der Waals surface area contributed by atoms with Gasteiger partial charge in [-0.3, -0.25) is 0 Å². The van der Waals surface area contributed by atoms with Gasteiger partial charge in [-0.25, -0.2) is 0 Å². The second kappa shape index (κ2) is 6.29. The Balaban J connectivity index is 2.41. The average Bonchev–Trinajstić information content (AvgIpc) is 2.43. The highest BCUT2D eigenvalue weighted by Crippen LogP contribution is 2.35. The van der Waals surface area contributed by atoms with Crippen LogP contribution in [0.25, 0.3) is 10.8 Å². The lowest BCUT2D eigenvalue weighted by molar-refractivity contribution is 0.271. The number of hydrogen-bond acceptors (Lipinski definition) is 2. The van der Waals surface area contributed by atoms with Crippen LogP contribution in [0.15, 0.2) is 30.3 Å². The minimum absolute atomic E-state index is 0.705. The molecule has 2 aromatic rings. The molecule has 2 aromatic carbocycles. The summed E-state index contributed by atoms with van der Waals surface area (Å²) in [6, 6.07) is 13.2. The van der Waals surface area contributed by atoms with E-state index >= 15 is 0 Å². The molecule has 0 aliphatic carbocycles. The van der Waals surface area contributed by atoms with E-state index in [-0.39, 0.29) is 0 Å². The molecule has 0 aromatic heterocycles. The summed E-state index contributed by atoms with van der Waals surface area (Å²) >= 11 is 0. The molecule has 95 valence electrons. The quantitative estimate of drug-likeness (QED) is 0.756. The lowest BCUT2D eigenvalue weighted by atomic mass is 10.1. The molecule has 18 heavy (non-hydrogen) atoms. The number of benzene rings is 2. The molecule has 0 amide bonds. The molecule has 1 radical (unpaired) electrons. The summed E-state index contributed by atoms with van der Waals surface area (Å²) in [5.74, 6) is 1.68. The van der Waals surface area contributed by atoms with Crippen LogP contribution < -0.4 is 9.47 Å². The van der Waals surface area contributed by atoms with Crippen LogP contribution >= 0.6 is 0 Å². The molecule has 0 bridgehead atoms. The molecule has 0 spiro atoms. The van der Waals surface area contributed by atoms with Crippen molar-refractivity contribution in [1.82, 2.24) is 0 Å². The van der Waals surface area contributed by atoms with Gasteiger partial charge in [-0.1, -0.05) is 32.0 Å². The van der Waals surface area contributed by atoms with E-state index in [9.17, 15) is 0 Å². The van der Waals surface area contributed by atoms with E-state index in [0.29, 0.717) is 13.2 Å². The normalized spacial score (nSPS) is 10.6. The summed E-state index contributed by atoms with van der Waals surface area (Å²) < 4.78 is 11.6. The standard InChI is InChI=1S/C16H19O2/c1-3-11-17-15-10-9-13-7-5-6-8-14(13)16(15)18-12-4-2/h5-6,8-10H,3-4,11-12H2,1-2H3. The third kappa shape index (κ3) is 2.76. The van der Waals surface area contributed by atoms with Gasteiger partial charge in [-0.2, -0.15) is 0 Å². The van der Waals surface area contributed by atoms with Crippen molar-refractivity contribution in [2.45, 2.75) is 26.7 Å². The monoisotopic (exact) mass is 243 g/mol. The number of fused-ring (bicyclic) bond motifs is 1. The largest absolute Gasteiger partial charge is 0.490 e. The van der Waals surface area contributed by atoms with Crippen LogP contribution in [0.4, 0.5) is 0 Å². The first-order chi connectivity index (χ1) is 8.86. The van der Waals surface area contributed by atoms with E-state index in [1.807, 2.05) is 24.3 Å². The Morgan fingerprint density at radius 1 is 1.00 bits per heavy atom. The number of ether oxygens (including phenoxy) is 2. The van der Waals surface area contributed by atoms with E-state index in [0.717, 1.165) is 35.1 Å². The van der Waals surface area contributed by atoms with E-state index in [4.69, 9.17) is 9.47 Å². The Bertz CT molecular complexity index is 505. The van der Waals surface area contributed by atoms with Crippen molar-refractivity contribution in [1.29, 1.82) is 0 Å². The average molecular weight is 243 g/mol. The van der Waals surface area contributed by atoms with Gasteiger partial charge in [0.1, 0.15) is 0 Å². The first-order valence-corrected chi connectivity index (χ1v) is 6.55. The van der Waals surface area contributed by atoms with Gasteiger partial charge in [0.2, 0.25) is 0 Å². The first-order valence-electron chi connectivity index (χ1n) is 6.55. The summed E-state index contributed by atoms with van der Waals surface area (Å²) in [7, 11) is 0. The molecule has 2 heteroatoms. The molecule has 2 nitrogen and oxygen atoms in total. The smallest absolute Gasteiger partial charge is 0.168 e. The fraction of sp³-hybridized carbons (Fsp3) is 0.375. The number of hydrogen-bond donors (Lipinski definition) is 0. The maximum Gasteiger partial charge on any atom is 0.168 e. The van der Waals surface area contributed by atoms with Crippen molar-refractivity contribution >= 4 is 10.8 Å². The minimum Gasteiger partial charge on any atom is -0.490 e. The van der Waals surface area contributed by atoms with Gasteiger partial charge in [-0.15, -0.1) is 0 Å². The van der Waals surface area contributed by atoms with Crippen LogP contribution in [-0.4, -0.2) is 13.2 Å². The first kappa shape index (κ1) is 12.7. The highest BCUT2D eigenvalue weighted by molar-refractivity contribution is 5.90. The van der Waals surface area contributed by atoms with Crippen LogP contribution in [-0.2, 0) is 0 Å².